The first-order chi connectivity index (χ1) is 16.8. The van der Waals surface area contributed by atoms with Crippen LogP contribution in [0.15, 0.2) is 58.4 Å². The van der Waals surface area contributed by atoms with Gasteiger partial charge in [0, 0.05) is 33.7 Å². The van der Waals surface area contributed by atoms with Gasteiger partial charge in [-0.1, -0.05) is 22.0 Å². The number of ether oxygens (including phenoxy) is 1. The summed E-state index contributed by atoms with van der Waals surface area (Å²) < 4.78 is 6.59. The summed E-state index contributed by atoms with van der Waals surface area (Å²) in [6.45, 7) is 4.55. The fourth-order valence-corrected chi connectivity index (χ4v) is 5.35. The van der Waals surface area contributed by atoms with E-state index in [1.807, 2.05) is 43.5 Å². The van der Waals surface area contributed by atoms with E-state index in [1.165, 1.54) is 0 Å². The molecule has 0 unspecified atom stereocenters. The Kier molecular flexibility index (Phi) is 7.87. The molecule has 7 nitrogen and oxygen atoms in total. The maximum atomic E-state index is 12.5. The molecule has 2 N–H and O–H groups in total. The first-order valence-electron chi connectivity index (χ1n) is 11.2. The van der Waals surface area contributed by atoms with Gasteiger partial charge < -0.3 is 20.3 Å². The third-order valence-corrected chi connectivity index (χ3v) is 7.13. The molecule has 182 valence electrons. The van der Waals surface area contributed by atoms with Crippen molar-refractivity contribution in [2.45, 2.75) is 26.8 Å². The molecule has 3 amide bonds. The number of hydrogen-bond acceptors (Lipinski definition) is 5. The number of nitrogens with one attached hydrogen (secondary N) is 2. The number of halogens is 1. The minimum atomic E-state index is -0.382. The van der Waals surface area contributed by atoms with Crippen LogP contribution in [0.4, 0.5) is 11.4 Å². The molecule has 0 saturated carbocycles. The van der Waals surface area contributed by atoms with Crippen LogP contribution in [0, 0.1) is 19.8 Å². The summed E-state index contributed by atoms with van der Waals surface area (Å²) >= 11 is 5.04. The molecule has 0 radical (unpaired) electrons. The maximum absolute atomic E-state index is 12.5. The normalized spacial score (nSPS) is 15.2. The summed E-state index contributed by atoms with van der Waals surface area (Å²) in [5, 5.41) is 7.78. The molecule has 1 aromatic heterocycles. The van der Waals surface area contributed by atoms with E-state index in [4.69, 9.17) is 4.74 Å². The van der Waals surface area contributed by atoms with Crippen molar-refractivity contribution in [2.24, 2.45) is 5.92 Å². The van der Waals surface area contributed by atoms with Gasteiger partial charge in [-0.15, -0.1) is 11.3 Å². The lowest BCUT2D eigenvalue weighted by atomic mass is 10.1. The Labute approximate surface area is 216 Å². The lowest BCUT2D eigenvalue weighted by Gasteiger charge is -2.17. The van der Waals surface area contributed by atoms with Crippen molar-refractivity contribution in [1.29, 1.82) is 0 Å². The Balaban J connectivity index is 1.29. The van der Waals surface area contributed by atoms with Crippen LogP contribution in [-0.4, -0.2) is 30.9 Å². The number of rotatable bonds is 8. The van der Waals surface area contributed by atoms with Crippen molar-refractivity contribution < 1.29 is 19.1 Å². The van der Waals surface area contributed by atoms with Crippen LogP contribution in [0.3, 0.4) is 0 Å². The van der Waals surface area contributed by atoms with Crippen molar-refractivity contribution in [2.75, 3.05) is 23.4 Å². The Hall–Kier alpha value is -3.17. The van der Waals surface area contributed by atoms with E-state index in [9.17, 15) is 14.4 Å². The number of thiophene rings is 1. The van der Waals surface area contributed by atoms with Gasteiger partial charge in [0.25, 0.3) is 5.91 Å². The van der Waals surface area contributed by atoms with E-state index < -0.39 is 0 Å². The van der Waals surface area contributed by atoms with E-state index in [1.54, 1.807) is 40.5 Å². The van der Waals surface area contributed by atoms with Gasteiger partial charge in [0.15, 0.2) is 6.61 Å². The second-order valence-corrected chi connectivity index (χ2v) is 10.4. The van der Waals surface area contributed by atoms with Gasteiger partial charge in [0.1, 0.15) is 5.75 Å². The molecule has 1 aliphatic heterocycles. The summed E-state index contributed by atoms with van der Waals surface area (Å²) in [6.07, 6.45) is 0.184. The maximum Gasteiger partial charge on any atom is 0.262 e. The zero-order valence-corrected chi connectivity index (χ0v) is 21.9. The highest BCUT2D eigenvalue weighted by Gasteiger charge is 2.35. The Bertz CT molecular complexity index is 1200. The van der Waals surface area contributed by atoms with Crippen LogP contribution in [0.5, 0.6) is 5.75 Å². The SMILES string of the molecule is Cc1cc(Br)cc(C)c1NC(=O)COc1ccc(N2C[C@H](C(=O)NCc3cccs3)CC2=O)cc1. The molecule has 2 heterocycles. The van der Waals surface area contributed by atoms with Crippen LogP contribution >= 0.6 is 27.3 Å². The smallest absolute Gasteiger partial charge is 0.262 e. The highest BCUT2D eigenvalue weighted by Crippen LogP contribution is 2.28. The zero-order chi connectivity index (χ0) is 24.9. The molecule has 1 saturated heterocycles. The standard InChI is InChI=1S/C26H26BrN3O4S/c1-16-10-19(27)11-17(2)25(16)29-23(31)15-34-21-7-5-20(6-8-21)30-14-18(12-24(30)32)26(33)28-13-22-4-3-9-35-22/h3-11,18H,12-15H2,1-2H3,(H,28,33)(H,29,31)/t18-/m1/s1. The fraction of sp³-hybridized carbons (Fsp3) is 0.269. The highest BCUT2D eigenvalue weighted by atomic mass is 79.9. The van der Waals surface area contributed by atoms with Crippen molar-refractivity contribution in [3.05, 3.63) is 74.4 Å². The molecule has 4 rings (SSSR count). The largest absolute Gasteiger partial charge is 0.484 e. The summed E-state index contributed by atoms with van der Waals surface area (Å²) in [5.41, 5.74) is 3.40. The van der Waals surface area contributed by atoms with Gasteiger partial charge in [-0.3, -0.25) is 14.4 Å². The third-order valence-electron chi connectivity index (χ3n) is 5.79. The predicted octanol–water partition coefficient (Wildman–Crippen LogP) is 4.81. The molecule has 1 fully saturated rings. The number of carbonyl (C=O) groups is 3. The number of anilines is 2. The number of benzene rings is 2. The number of hydrogen-bond donors (Lipinski definition) is 2. The van der Waals surface area contributed by atoms with E-state index in [0.717, 1.165) is 26.2 Å². The third kappa shape index (κ3) is 6.29. The number of aryl methyl sites for hydroxylation is 2. The van der Waals surface area contributed by atoms with Gasteiger partial charge in [-0.25, -0.2) is 0 Å². The van der Waals surface area contributed by atoms with Gasteiger partial charge >= 0.3 is 0 Å². The van der Waals surface area contributed by atoms with Crippen LogP contribution in [0.25, 0.3) is 0 Å². The van der Waals surface area contributed by atoms with Crippen LogP contribution in [0.2, 0.25) is 0 Å². The van der Waals surface area contributed by atoms with E-state index >= 15 is 0 Å². The average molecular weight is 556 g/mol. The van der Waals surface area contributed by atoms with Crippen molar-refractivity contribution in [3.8, 4) is 5.75 Å². The predicted molar refractivity (Wildman–Crippen MR) is 141 cm³/mol. The van der Waals surface area contributed by atoms with Crippen molar-refractivity contribution >= 4 is 56.4 Å². The summed E-state index contributed by atoms with van der Waals surface area (Å²) in [4.78, 5) is 40.1. The van der Waals surface area contributed by atoms with Gasteiger partial charge in [-0.05, 0) is 72.8 Å². The number of nitrogens with zero attached hydrogens (tertiary/aromatic N) is 1. The quantitative estimate of drug-likeness (QED) is 0.417. The first kappa shape index (κ1) is 24.9. The van der Waals surface area contributed by atoms with Gasteiger partial charge in [-0.2, -0.15) is 0 Å². The highest BCUT2D eigenvalue weighted by molar-refractivity contribution is 9.10. The molecule has 3 aromatic rings. The molecule has 1 atom stereocenters. The van der Waals surface area contributed by atoms with Crippen molar-refractivity contribution in [1.82, 2.24) is 5.32 Å². The second kappa shape index (κ2) is 11.0. The van der Waals surface area contributed by atoms with Crippen molar-refractivity contribution in [3.63, 3.8) is 0 Å². The van der Waals surface area contributed by atoms with Crippen LogP contribution in [-0.2, 0) is 20.9 Å². The lowest BCUT2D eigenvalue weighted by molar-refractivity contribution is -0.126. The molecule has 0 spiro atoms. The van der Waals surface area contributed by atoms with Crippen LogP contribution < -0.4 is 20.3 Å². The number of amides is 3. The molecule has 0 bridgehead atoms. The van der Waals surface area contributed by atoms with E-state index in [-0.39, 0.29) is 36.7 Å². The molecule has 35 heavy (non-hydrogen) atoms. The van der Waals surface area contributed by atoms with Gasteiger partial charge in [0.2, 0.25) is 11.8 Å². The summed E-state index contributed by atoms with van der Waals surface area (Å²) in [6, 6.07) is 14.8. The monoisotopic (exact) mass is 555 g/mol. The minimum Gasteiger partial charge on any atom is -0.484 e. The number of carbonyl (C=O) groups excluding carboxylic acids is 3. The molecule has 9 heteroatoms. The van der Waals surface area contributed by atoms with E-state index in [0.29, 0.717) is 24.5 Å². The summed E-state index contributed by atoms with van der Waals surface area (Å²) in [7, 11) is 0. The second-order valence-electron chi connectivity index (χ2n) is 8.45. The Morgan fingerprint density at radius 2 is 1.86 bits per heavy atom. The molecule has 1 aliphatic rings. The Morgan fingerprint density at radius 1 is 1.14 bits per heavy atom. The lowest BCUT2D eigenvalue weighted by Crippen LogP contribution is -2.32. The van der Waals surface area contributed by atoms with Crippen LogP contribution in [0.1, 0.15) is 22.4 Å². The fourth-order valence-electron chi connectivity index (χ4n) is 4.02. The van der Waals surface area contributed by atoms with E-state index in [2.05, 4.69) is 26.6 Å². The molecule has 2 aromatic carbocycles. The Morgan fingerprint density at radius 3 is 2.51 bits per heavy atom. The first-order valence-corrected chi connectivity index (χ1v) is 12.9. The minimum absolute atomic E-state index is 0.0884. The average Bonchev–Trinajstić information content (AvgIpc) is 3.48. The van der Waals surface area contributed by atoms with Gasteiger partial charge in [0.05, 0.1) is 12.5 Å². The molecular weight excluding hydrogens is 530 g/mol. The topological polar surface area (TPSA) is 87.7 Å². The molecular formula is C26H26BrN3O4S. The zero-order valence-electron chi connectivity index (χ0n) is 19.5. The molecule has 0 aliphatic carbocycles. The summed E-state index contributed by atoms with van der Waals surface area (Å²) in [5.74, 6) is -0.322.